The highest BCUT2D eigenvalue weighted by atomic mass is 35.5. The average Bonchev–Trinajstić information content (AvgIpc) is 3.20. The van der Waals surface area contributed by atoms with Crippen molar-refractivity contribution in [3.63, 3.8) is 0 Å². The Morgan fingerprint density at radius 2 is 1.91 bits per heavy atom. The first-order valence-corrected chi connectivity index (χ1v) is 11.5. The van der Waals surface area contributed by atoms with Gasteiger partial charge in [-0.1, -0.05) is 60.4 Å². The zero-order chi connectivity index (χ0) is 23.1. The number of ether oxygens (including phenoxy) is 1. The zero-order valence-electron chi connectivity index (χ0n) is 18.3. The van der Waals surface area contributed by atoms with Crippen LogP contribution in [0.3, 0.4) is 0 Å². The van der Waals surface area contributed by atoms with E-state index in [2.05, 4.69) is 23.9 Å². The van der Waals surface area contributed by atoms with Crippen LogP contribution in [0.2, 0.25) is 10.0 Å². The molecule has 2 aromatic rings. The number of rotatable bonds is 11. The molecule has 1 aliphatic rings. The number of nitrogens with zero attached hydrogens (tertiary/aromatic N) is 2. The van der Waals surface area contributed by atoms with Gasteiger partial charge in [-0.15, -0.1) is 0 Å². The highest BCUT2D eigenvalue weighted by Crippen LogP contribution is 2.26. The summed E-state index contributed by atoms with van der Waals surface area (Å²) >= 11 is 12.1. The fraction of sp³-hybridized carbons (Fsp3) is 0.458. The van der Waals surface area contributed by atoms with Crippen LogP contribution in [0.5, 0.6) is 0 Å². The Morgan fingerprint density at radius 1 is 1.16 bits per heavy atom. The Labute approximate surface area is 198 Å². The summed E-state index contributed by atoms with van der Waals surface area (Å²) < 4.78 is 18.9. The maximum absolute atomic E-state index is 13.3. The van der Waals surface area contributed by atoms with Crippen LogP contribution < -0.4 is 0 Å². The third-order valence-electron chi connectivity index (χ3n) is 5.00. The monoisotopic (exact) mass is 482 g/mol. The summed E-state index contributed by atoms with van der Waals surface area (Å²) in [5, 5.41) is 15.7. The Morgan fingerprint density at radius 3 is 2.59 bits per heavy atom. The number of benzene rings is 2. The van der Waals surface area contributed by atoms with E-state index in [0.29, 0.717) is 48.6 Å². The topological polar surface area (TPSA) is 54.3 Å². The second kappa shape index (κ2) is 12.0. The summed E-state index contributed by atoms with van der Waals surface area (Å²) in [4.78, 5) is 7.75. The Balaban J connectivity index is 1.61. The molecular weight excluding hydrogens is 454 g/mol. The van der Waals surface area contributed by atoms with Gasteiger partial charge in [0.2, 0.25) is 0 Å². The van der Waals surface area contributed by atoms with Gasteiger partial charge < -0.3 is 14.7 Å². The fourth-order valence-corrected chi connectivity index (χ4v) is 3.80. The minimum atomic E-state index is -0.647. The van der Waals surface area contributed by atoms with E-state index in [-0.39, 0.29) is 18.5 Å². The van der Waals surface area contributed by atoms with E-state index in [1.165, 1.54) is 12.1 Å². The number of oxime groups is 1. The molecule has 0 saturated carbocycles. The molecule has 0 aromatic heterocycles. The van der Waals surface area contributed by atoms with E-state index < -0.39 is 6.10 Å². The SMILES string of the molecule is CC(C)COC[C@H](O)CN(Cc1ccc(F)cc1)C[C@@H]1CC(c2ccc(Cl)c(Cl)c2)=NO1. The summed E-state index contributed by atoms with van der Waals surface area (Å²) in [6.45, 7) is 6.48. The lowest BCUT2D eigenvalue weighted by atomic mass is 10.0. The largest absolute Gasteiger partial charge is 0.390 e. The molecule has 1 N–H and O–H groups in total. The second-order valence-corrected chi connectivity index (χ2v) is 9.32. The van der Waals surface area contributed by atoms with Crippen LogP contribution in [0.15, 0.2) is 47.6 Å². The van der Waals surface area contributed by atoms with E-state index >= 15 is 0 Å². The third kappa shape index (κ3) is 7.71. The molecule has 0 bridgehead atoms. The van der Waals surface area contributed by atoms with Gasteiger partial charge in [0.1, 0.15) is 11.9 Å². The number of aliphatic hydroxyl groups is 1. The van der Waals surface area contributed by atoms with Crippen LogP contribution in [-0.4, -0.2) is 54.2 Å². The maximum atomic E-state index is 13.3. The molecule has 0 amide bonds. The van der Waals surface area contributed by atoms with Gasteiger partial charge in [0.25, 0.3) is 0 Å². The molecule has 0 radical (unpaired) electrons. The van der Waals surface area contributed by atoms with Gasteiger partial charge in [-0.3, -0.25) is 4.90 Å². The van der Waals surface area contributed by atoms with Crippen LogP contribution in [-0.2, 0) is 16.1 Å². The summed E-state index contributed by atoms with van der Waals surface area (Å²) in [5.74, 6) is 0.127. The van der Waals surface area contributed by atoms with Gasteiger partial charge >= 0.3 is 0 Å². The average molecular weight is 483 g/mol. The maximum Gasteiger partial charge on any atom is 0.145 e. The van der Waals surface area contributed by atoms with E-state index in [9.17, 15) is 9.50 Å². The summed E-state index contributed by atoms with van der Waals surface area (Å²) in [6, 6.07) is 11.8. The van der Waals surface area contributed by atoms with Gasteiger partial charge in [-0.05, 0) is 35.7 Å². The highest BCUT2D eigenvalue weighted by molar-refractivity contribution is 6.42. The van der Waals surface area contributed by atoms with Crippen LogP contribution in [0.1, 0.15) is 31.4 Å². The van der Waals surface area contributed by atoms with Crippen molar-refractivity contribution in [1.29, 1.82) is 0 Å². The van der Waals surface area contributed by atoms with E-state index in [4.69, 9.17) is 32.8 Å². The smallest absolute Gasteiger partial charge is 0.145 e. The molecular formula is C24H29Cl2FN2O3. The number of hydrogen-bond donors (Lipinski definition) is 1. The van der Waals surface area contributed by atoms with Gasteiger partial charge in [-0.25, -0.2) is 4.39 Å². The molecule has 1 aliphatic heterocycles. The number of aliphatic hydroxyl groups excluding tert-OH is 1. The first kappa shape index (κ1) is 24.9. The predicted molar refractivity (Wildman–Crippen MR) is 126 cm³/mol. The number of hydrogen-bond acceptors (Lipinski definition) is 5. The minimum Gasteiger partial charge on any atom is -0.390 e. The van der Waals surface area contributed by atoms with Crippen molar-refractivity contribution >= 4 is 28.9 Å². The molecule has 1 heterocycles. The minimum absolute atomic E-state index is 0.177. The van der Waals surface area contributed by atoms with Crippen LogP contribution >= 0.6 is 23.2 Å². The summed E-state index contributed by atoms with van der Waals surface area (Å²) in [6.07, 6.45) is -0.215. The lowest BCUT2D eigenvalue weighted by molar-refractivity contribution is -0.00734. The quantitative estimate of drug-likeness (QED) is 0.480. The molecule has 2 atom stereocenters. The van der Waals surface area contributed by atoms with E-state index in [0.717, 1.165) is 16.8 Å². The van der Waals surface area contributed by atoms with Crippen molar-refractivity contribution < 1.29 is 19.1 Å². The zero-order valence-corrected chi connectivity index (χ0v) is 19.8. The molecule has 2 aromatic carbocycles. The molecule has 5 nitrogen and oxygen atoms in total. The predicted octanol–water partition coefficient (Wildman–Crippen LogP) is 5.16. The third-order valence-corrected chi connectivity index (χ3v) is 5.74. The van der Waals surface area contributed by atoms with Crippen molar-refractivity contribution in [2.24, 2.45) is 11.1 Å². The normalized spacial score (nSPS) is 17.0. The fourth-order valence-electron chi connectivity index (χ4n) is 3.50. The second-order valence-electron chi connectivity index (χ2n) is 8.50. The first-order chi connectivity index (χ1) is 15.3. The molecule has 0 unspecified atom stereocenters. The van der Waals surface area contributed by atoms with Crippen molar-refractivity contribution in [3.8, 4) is 0 Å². The molecule has 0 fully saturated rings. The van der Waals surface area contributed by atoms with Crippen LogP contribution in [0.4, 0.5) is 4.39 Å². The molecule has 174 valence electrons. The molecule has 0 aliphatic carbocycles. The molecule has 32 heavy (non-hydrogen) atoms. The van der Waals surface area contributed by atoms with Crippen molar-refractivity contribution in [2.45, 2.75) is 39.0 Å². The summed E-state index contributed by atoms with van der Waals surface area (Å²) in [5.41, 5.74) is 2.62. The standard InChI is InChI=1S/C24H29Cl2FN2O3/c1-16(2)14-31-15-20(30)12-29(11-17-3-6-19(27)7-4-17)13-21-10-24(28-32-21)18-5-8-22(25)23(26)9-18/h3-9,16,20-21,30H,10-15H2,1-2H3/t20-,21+/m1/s1. The number of halogens is 3. The van der Waals surface area contributed by atoms with Crippen molar-refractivity contribution in [2.75, 3.05) is 26.3 Å². The van der Waals surface area contributed by atoms with Gasteiger partial charge in [0.05, 0.1) is 28.5 Å². The van der Waals surface area contributed by atoms with Crippen LogP contribution in [0.25, 0.3) is 0 Å². The van der Waals surface area contributed by atoms with E-state index in [1.807, 2.05) is 6.07 Å². The van der Waals surface area contributed by atoms with Crippen molar-refractivity contribution in [3.05, 3.63) is 69.5 Å². The van der Waals surface area contributed by atoms with Crippen LogP contribution in [0, 0.1) is 11.7 Å². The molecule has 0 spiro atoms. The lowest BCUT2D eigenvalue weighted by Crippen LogP contribution is -2.39. The lowest BCUT2D eigenvalue weighted by Gasteiger charge is -2.27. The first-order valence-electron chi connectivity index (χ1n) is 10.7. The highest BCUT2D eigenvalue weighted by Gasteiger charge is 2.26. The Hall–Kier alpha value is -1.70. The molecule has 8 heteroatoms. The summed E-state index contributed by atoms with van der Waals surface area (Å²) in [7, 11) is 0. The Kier molecular flexibility index (Phi) is 9.32. The van der Waals surface area contributed by atoms with E-state index in [1.54, 1.807) is 24.3 Å². The van der Waals surface area contributed by atoms with Gasteiger partial charge in [0.15, 0.2) is 0 Å². The Bertz CT molecular complexity index is 909. The molecule has 0 saturated heterocycles. The van der Waals surface area contributed by atoms with Gasteiger partial charge in [0, 0.05) is 38.2 Å². The molecule has 3 rings (SSSR count). The van der Waals surface area contributed by atoms with Gasteiger partial charge in [-0.2, -0.15) is 0 Å². The van der Waals surface area contributed by atoms with Crippen molar-refractivity contribution in [1.82, 2.24) is 4.90 Å².